The summed E-state index contributed by atoms with van der Waals surface area (Å²) in [7, 11) is -2.41. The zero-order valence-corrected chi connectivity index (χ0v) is 11.7. The van der Waals surface area contributed by atoms with Crippen molar-refractivity contribution >= 4 is 14.3 Å². The summed E-state index contributed by atoms with van der Waals surface area (Å²) in [6.45, 7) is 11.5. The molecule has 0 amide bonds. The SMILES string of the molecule is CCC(O)[Si](OC(C)=O)(C(C)C)C(C)C. The van der Waals surface area contributed by atoms with Gasteiger partial charge in [0.05, 0.1) is 5.73 Å². The lowest BCUT2D eigenvalue weighted by atomic mass is 10.5. The zero-order valence-electron chi connectivity index (χ0n) is 10.7. The van der Waals surface area contributed by atoms with E-state index in [4.69, 9.17) is 4.43 Å². The Hall–Kier alpha value is -0.353. The van der Waals surface area contributed by atoms with Gasteiger partial charge in [-0.2, -0.15) is 0 Å². The second-order valence-electron chi connectivity index (χ2n) is 4.68. The summed E-state index contributed by atoms with van der Waals surface area (Å²) in [6, 6.07) is 0. The number of rotatable bonds is 5. The van der Waals surface area contributed by atoms with Crippen molar-refractivity contribution in [2.45, 2.75) is 64.8 Å². The number of hydrogen-bond acceptors (Lipinski definition) is 3. The summed E-state index contributed by atoms with van der Waals surface area (Å²) >= 11 is 0. The Morgan fingerprint density at radius 1 is 1.27 bits per heavy atom. The molecule has 0 radical (unpaired) electrons. The van der Waals surface area contributed by atoms with Crippen LogP contribution in [0.2, 0.25) is 11.1 Å². The average molecular weight is 232 g/mol. The number of carbonyl (C=O) groups is 1. The van der Waals surface area contributed by atoms with E-state index < -0.39 is 14.0 Å². The van der Waals surface area contributed by atoms with Gasteiger partial charge in [-0.3, -0.25) is 4.79 Å². The maximum absolute atomic E-state index is 11.2. The van der Waals surface area contributed by atoms with Crippen LogP contribution >= 0.6 is 0 Å². The molecule has 4 heteroatoms. The Bertz CT molecular complexity index is 206. The van der Waals surface area contributed by atoms with Crippen molar-refractivity contribution in [3.8, 4) is 0 Å². The molecule has 0 saturated heterocycles. The van der Waals surface area contributed by atoms with Crippen LogP contribution in [0.25, 0.3) is 0 Å². The van der Waals surface area contributed by atoms with Crippen molar-refractivity contribution < 1.29 is 14.3 Å². The fraction of sp³-hybridized carbons (Fsp3) is 0.909. The molecule has 1 unspecified atom stereocenters. The molecule has 0 aromatic carbocycles. The molecule has 1 atom stereocenters. The highest BCUT2D eigenvalue weighted by Crippen LogP contribution is 2.37. The van der Waals surface area contributed by atoms with E-state index in [1.165, 1.54) is 6.92 Å². The first kappa shape index (κ1) is 14.6. The minimum absolute atomic E-state index is 0.233. The highest BCUT2D eigenvalue weighted by molar-refractivity contribution is 6.78. The van der Waals surface area contributed by atoms with E-state index in [9.17, 15) is 9.90 Å². The second-order valence-corrected chi connectivity index (χ2v) is 9.57. The molecule has 0 aliphatic heterocycles. The van der Waals surface area contributed by atoms with Crippen molar-refractivity contribution in [3.05, 3.63) is 0 Å². The lowest BCUT2D eigenvalue weighted by Gasteiger charge is -2.40. The minimum atomic E-state index is -2.41. The highest BCUT2D eigenvalue weighted by atomic mass is 28.4. The van der Waals surface area contributed by atoms with Gasteiger partial charge in [0, 0.05) is 6.92 Å². The molecular formula is C11H24O3Si. The molecule has 0 fully saturated rings. The monoisotopic (exact) mass is 232 g/mol. The van der Waals surface area contributed by atoms with Crippen molar-refractivity contribution in [1.29, 1.82) is 0 Å². The topological polar surface area (TPSA) is 46.5 Å². The third kappa shape index (κ3) is 3.05. The first-order chi connectivity index (χ1) is 6.78. The quantitative estimate of drug-likeness (QED) is 0.741. The first-order valence-corrected chi connectivity index (χ1v) is 7.80. The summed E-state index contributed by atoms with van der Waals surface area (Å²) in [5.41, 5.74) is -0.00546. The van der Waals surface area contributed by atoms with Crippen molar-refractivity contribution in [3.63, 3.8) is 0 Å². The second kappa shape index (κ2) is 5.65. The molecule has 0 heterocycles. The third-order valence-electron chi connectivity index (χ3n) is 3.03. The maximum atomic E-state index is 11.2. The summed E-state index contributed by atoms with van der Waals surface area (Å²) < 4.78 is 5.56. The molecule has 15 heavy (non-hydrogen) atoms. The van der Waals surface area contributed by atoms with Gasteiger partial charge in [-0.15, -0.1) is 0 Å². The Balaban J connectivity index is 5.16. The van der Waals surface area contributed by atoms with Crippen molar-refractivity contribution in [2.75, 3.05) is 0 Å². The van der Waals surface area contributed by atoms with Crippen LogP contribution in [0.5, 0.6) is 0 Å². The van der Waals surface area contributed by atoms with Crippen LogP contribution in [0.4, 0.5) is 0 Å². The summed E-state index contributed by atoms with van der Waals surface area (Å²) in [5, 5.41) is 10.1. The van der Waals surface area contributed by atoms with Gasteiger partial charge in [-0.1, -0.05) is 34.6 Å². The Morgan fingerprint density at radius 2 is 1.67 bits per heavy atom. The Kier molecular flexibility index (Phi) is 5.52. The molecule has 0 aliphatic rings. The fourth-order valence-corrected chi connectivity index (χ4v) is 6.92. The van der Waals surface area contributed by atoms with Crippen LogP contribution in [-0.2, 0) is 9.22 Å². The van der Waals surface area contributed by atoms with E-state index in [2.05, 4.69) is 0 Å². The largest absolute Gasteiger partial charge is 0.516 e. The van der Waals surface area contributed by atoms with Crippen LogP contribution in [0.15, 0.2) is 0 Å². The van der Waals surface area contributed by atoms with Gasteiger partial charge >= 0.3 is 0 Å². The standard InChI is InChI=1S/C11H24O3Si/c1-7-11(13)15(8(2)3,9(4)5)14-10(6)12/h8-9,11,13H,7H2,1-6H3. The van der Waals surface area contributed by atoms with E-state index in [1.807, 2.05) is 34.6 Å². The molecule has 1 N–H and O–H groups in total. The first-order valence-electron chi connectivity index (χ1n) is 5.66. The molecule has 0 bridgehead atoms. The number of aliphatic hydroxyl groups excluding tert-OH is 1. The predicted octanol–water partition coefficient (Wildman–Crippen LogP) is 2.63. The van der Waals surface area contributed by atoms with Crippen LogP contribution in [-0.4, -0.2) is 25.1 Å². The summed E-state index contributed by atoms with van der Waals surface area (Å²) in [4.78, 5) is 11.2. The zero-order chi connectivity index (χ0) is 12.2. The van der Waals surface area contributed by atoms with Gasteiger partial charge in [0.2, 0.25) is 0 Å². The minimum Gasteiger partial charge on any atom is -0.516 e. The Labute approximate surface area is 94.0 Å². The smallest absolute Gasteiger partial charge is 0.289 e. The molecule has 0 spiro atoms. The van der Waals surface area contributed by atoms with E-state index in [1.54, 1.807) is 0 Å². The number of hydrogen-bond donors (Lipinski definition) is 1. The van der Waals surface area contributed by atoms with Crippen LogP contribution in [0.1, 0.15) is 48.0 Å². The van der Waals surface area contributed by atoms with E-state index in [0.717, 1.165) is 0 Å². The average Bonchev–Trinajstić information content (AvgIpc) is 2.11. The normalized spacial score (nSPS) is 14.5. The van der Waals surface area contributed by atoms with Gasteiger partial charge in [-0.25, -0.2) is 0 Å². The lowest BCUT2D eigenvalue weighted by Crippen LogP contribution is -2.56. The molecule has 0 aromatic heterocycles. The lowest BCUT2D eigenvalue weighted by molar-refractivity contribution is -0.133. The number of aliphatic hydroxyl groups is 1. The fourth-order valence-electron chi connectivity index (χ4n) is 2.31. The van der Waals surface area contributed by atoms with Gasteiger partial charge in [0.25, 0.3) is 14.3 Å². The predicted molar refractivity (Wildman–Crippen MR) is 64.0 cm³/mol. The molecular weight excluding hydrogens is 208 g/mol. The molecule has 3 nitrogen and oxygen atoms in total. The van der Waals surface area contributed by atoms with Crippen LogP contribution < -0.4 is 0 Å². The van der Waals surface area contributed by atoms with Gasteiger partial charge in [-0.05, 0) is 17.5 Å². The summed E-state index contributed by atoms with van der Waals surface area (Å²) in [6.07, 6.45) is 0.649. The molecule has 0 aliphatic carbocycles. The van der Waals surface area contributed by atoms with Crippen molar-refractivity contribution in [2.24, 2.45) is 0 Å². The number of carbonyl (C=O) groups excluding carboxylic acids is 1. The van der Waals surface area contributed by atoms with Gasteiger partial charge < -0.3 is 9.53 Å². The van der Waals surface area contributed by atoms with Crippen molar-refractivity contribution in [1.82, 2.24) is 0 Å². The van der Waals surface area contributed by atoms with E-state index >= 15 is 0 Å². The van der Waals surface area contributed by atoms with E-state index in [0.29, 0.717) is 6.42 Å². The maximum Gasteiger partial charge on any atom is 0.289 e. The van der Waals surface area contributed by atoms with Gasteiger partial charge in [0.1, 0.15) is 0 Å². The van der Waals surface area contributed by atoms with Crippen LogP contribution in [0, 0.1) is 0 Å². The molecule has 0 saturated carbocycles. The Morgan fingerprint density at radius 3 is 1.87 bits per heavy atom. The summed E-state index contributed by atoms with van der Waals surface area (Å²) in [5.74, 6) is -0.267. The third-order valence-corrected chi connectivity index (χ3v) is 8.73. The van der Waals surface area contributed by atoms with E-state index in [-0.39, 0.29) is 17.1 Å². The van der Waals surface area contributed by atoms with Crippen LogP contribution in [0.3, 0.4) is 0 Å². The molecule has 0 rings (SSSR count). The highest BCUT2D eigenvalue weighted by Gasteiger charge is 2.50. The van der Waals surface area contributed by atoms with Gasteiger partial charge in [0.15, 0.2) is 0 Å². The molecule has 0 aromatic rings. The molecule has 90 valence electrons.